The van der Waals surface area contributed by atoms with Gasteiger partial charge in [0.15, 0.2) is 0 Å². The Morgan fingerprint density at radius 1 is 1.35 bits per heavy atom. The molecule has 0 bridgehead atoms. The van der Waals surface area contributed by atoms with Crippen molar-refractivity contribution in [1.82, 2.24) is 0 Å². The minimum absolute atomic E-state index is 0.318. The van der Waals surface area contributed by atoms with E-state index in [4.69, 9.17) is 10.5 Å². The third-order valence-corrected chi connectivity index (χ3v) is 3.18. The van der Waals surface area contributed by atoms with Crippen molar-refractivity contribution in [2.24, 2.45) is 0 Å². The molecule has 1 aromatic carbocycles. The number of nitrogens with two attached hydrogens (primary N) is 1. The van der Waals surface area contributed by atoms with Crippen LogP contribution in [0, 0.1) is 0 Å². The summed E-state index contributed by atoms with van der Waals surface area (Å²) < 4.78 is 5.07. The molecule has 0 spiro atoms. The van der Waals surface area contributed by atoms with Gasteiger partial charge in [-0.15, -0.1) is 0 Å². The number of carbonyl (C=O) groups excluding carboxylic acids is 1. The fraction of sp³-hybridized carbons (Fsp3) is 0.562. The van der Waals surface area contributed by atoms with Gasteiger partial charge < -0.3 is 15.8 Å². The van der Waals surface area contributed by atoms with Crippen molar-refractivity contribution in [2.75, 3.05) is 17.7 Å². The van der Waals surface area contributed by atoms with Crippen LogP contribution in [0.15, 0.2) is 18.2 Å². The number of ether oxygens (including phenoxy) is 1. The molecule has 0 saturated carbocycles. The summed E-state index contributed by atoms with van der Waals surface area (Å²) in [5, 5.41) is 3.38. The van der Waals surface area contributed by atoms with Gasteiger partial charge in [-0.05, 0) is 38.5 Å². The summed E-state index contributed by atoms with van der Waals surface area (Å²) in [6, 6.07) is 5.62. The Hall–Kier alpha value is -1.71. The summed E-state index contributed by atoms with van der Waals surface area (Å²) in [4.78, 5) is 11.9. The summed E-state index contributed by atoms with van der Waals surface area (Å²) in [6.07, 6.45) is 4.72. The molecule has 0 saturated heterocycles. The van der Waals surface area contributed by atoms with Gasteiger partial charge in [-0.25, -0.2) is 4.79 Å². The maximum atomic E-state index is 11.9. The van der Waals surface area contributed by atoms with Gasteiger partial charge in [-0.1, -0.05) is 26.2 Å². The fourth-order valence-corrected chi connectivity index (χ4v) is 2.10. The molecule has 4 heteroatoms. The Balaban J connectivity index is 2.75. The lowest BCUT2D eigenvalue weighted by Crippen LogP contribution is -2.18. The number of carbonyl (C=O) groups is 1. The molecule has 1 aromatic rings. The van der Waals surface area contributed by atoms with Crippen LogP contribution in [0.3, 0.4) is 0 Å². The van der Waals surface area contributed by atoms with Crippen LogP contribution in [0.4, 0.5) is 11.4 Å². The van der Waals surface area contributed by atoms with Crippen LogP contribution >= 0.6 is 0 Å². The number of nitrogen functional groups attached to an aromatic ring is 1. The van der Waals surface area contributed by atoms with Crippen LogP contribution in [0.25, 0.3) is 0 Å². The molecule has 0 aliphatic heterocycles. The molecular formula is C16H26N2O2. The average Bonchev–Trinajstić information content (AvgIpc) is 2.41. The van der Waals surface area contributed by atoms with E-state index in [1.54, 1.807) is 19.1 Å². The summed E-state index contributed by atoms with van der Waals surface area (Å²) in [7, 11) is 0. The first-order valence-electron chi connectivity index (χ1n) is 7.41. The Labute approximate surface area is 121 Å². The molecule has 1 atom stereocenters. The molecule has 1 rings (SSSR count). The highest BCUT2D eigenvalue weighted by molar-refractivity contribution is 5.96. The predicted octanol–water partition coefficient (Wildman–Crippen LogP) is 3.83. The topological polar surface area (TPSA) is 64.3 Å². The van der Waals surface area contributed by atoms with Gasteiger partial charge in [-0.3, -0.25) is 0 Å². The third-order valence-electron chi connectivity index (χ3n) is 3.18. The average molecular weight is 278 g/mol. The van der Waals surface area contributed by atoms with Crippen LogP contribution in [-0.2, 0) is 4.74 Å². The second-order valence-electron chi connectivity index (χ2n) is 5.07. The number of esters is 1. The first-order chi connectivity index (χ1) is 9.58. The zero-order valence-corrected chi connectivity index (χ0v) is 12.7. The van der Waals surface area contributed by atoms with Crippen LogP contribution < -0.4 is 11.1 Å². The van der Waals surface area contributed by atoms with Crippen molar-refractivity contribution in [3.05, 3.63) is 23.8 Å². The molecule has 4 nitrogen and oxygen atoms in total. The smallest absolute Gasteiger partial charge is 0.340 e. The van der Waals surface area contributed by atoms with Crippen LogP contribution in [0.1, 0.15) is 56.8 Å². The van der Waals surface area contributed by atoms with Crippen molar-refractivity contribution >= 4 is 17.3 Å². The van der Waals surface area contributed by atoms with Crippen molar-refractivity contribution in [3.8, 4) is 0 Å². The second kappa shape index (κ2) is 8.46. The monoisotopic (exact) mass is 278 g/mol. The number of anilines is 2. The molecule has 0 fully saturated rings. The Bertz CT molecular complexity index is 432. The number of hydrogen-bond donors (Lipinski definition) is 2. The molecular weight excluding hydrogens is 252 g/mol. The molecule has 1 unspecified atom stereocenters. The van der Waals surface area contributed by atoms with Gasteiger partial charge in [-0.2, -0.15) is 0 Å². The Morgan fingerprint density at radius 3 is 2.75 bits per heavy atom. The van der Waals surface area contributed by atoms with E-state index in [0.717, 1.165) is 12.1 Å². The molecule has 0 heterocycles. The molecule has 0 radical (unpaired) electrons. The zero-order chi connectivity index (χ0) is 15.0. The zero-order valence-electron chi connectivity index (χ0n) is 12.7. The van der Waals surface area contributed by atoms with Crippen molar-refractivity contribution in [2.45, 2.75) is 52.5 Å². The Morgan fingerprint density at radius 2 is 2.10 bits per heavy atom. The van der Waals surface area contributed by atoms with Gasteiger partial charge >= 0.3 is 5.97 Å². The van der Waals surface area contributed by atoms with Crippen molar-refractivity contribution in [3.63, 3.8) is 0 Å². The first kappa shape index (κ1) is 16.3. The number of unbranched alkanes of at least 4 members (excludes halogenated alkanes) is 2. The SMILES string of the molecule is CCCCCC(C)Nc1ccc(N)cc1C(=O)OCC. The highest BCUT2D eigenvalue weighted by Crippen LogP contribution is 2.22. The predicted molar refractivity (Wildman–Crippen MR) is 84.0 cm³/mol. The van der Waals surface area contributed by atoms with Crippen molar-refractivity contribution < 1.29 is 9.53 Å². The minimum atomic E-state index is -0.331. The standard InChI is InChI=1S/C16H26N2O2/c1-4-6-7-8-12(3)18-15-10-9-13(17)11-14(15)16(19)20-5-2/h9-12,18H,4-8,17H2,1-3H3. The Kier molecular flexibility index (Phi) is 6.91. The van der Waals surface area contributed by atoms with Gasteiger partial charge in [0.2, 0.25) is 0 Å². The highest BCUT2D eigenvalue weighted by Gasteiger charge is 2.14. The van der Waals surface area contributed by atoms with E-state index in [1.807, 2.05) is 6.07 Å². The highest BCUT2D eigenvalue weighted by atomic mass is 16.5. The summed E-state index contributed by atoms with van der Waals surface area (Å²) in [5.74, 6) is -0.331. The van der Waals surface area contributed by atoms with E-state index in [2.05, 4.69) is 19.2 Å². The lowest BCUT2D eigenvalue weighted by molar-refractivity contribution is 0.0527. The third kappa shape index (κ3) is 5.11. The van der Waals surface area contributed by atoms with Crippen molar-refractivity contribution in [1.29, 1.82) is 0 Å². The van der Waals surface area contributed by atoms with E-state index in [1.165, 1.54) is 19.3 Å². The van der Waals surface area contributed by atoms with E-state index >= 15 is 0 Å². The number of hydrogen-bond acceptors (Lipinski definition) is 4. The molecule has 112 valence electrons. The van der Waals surface area contributed by atoms with Crippen LogP contribution in [0.2, 0.25) is 0 Å². The molecule has 20 heavy (non-hydrogen) atoms. The number of benzene rings is 1. The lowest BCUT2D eigenvalue weighted by atomic mass is 10.1. The maximum Gasteiger partial charge on any atom is 0.340 e. The summed E-state index contributed by atoms with van der Waals surface area (Å²) in [5.41, 5.74) is 7.62. The van der Waals surface area contributed by atoms with E-state index in [-0.39, 0.29) is 5.97 Å². The first-order valence-corrected chi connectivity index (χ1v) is 7.41. The molecule has 0 aromatic heterocycles. The van der Waals surface area contributed by atoms with Crippen LogP contribution in [-0.4, -0.2) is 18.6 Å². The van der Waals surface area contributed by atoms with Crippen LogP contribution in [0.5, 0.6) is 0 Å². The van der Waals surface area contributed by atoms with Gasteiger partial charge in [0.05, 0.1) is 12.2 Å². The minimum Gasteiger partial charge on any atom is -0.462 e. The van der Waals surface area contributed by atoms with E-state index in [0.29, 0.717) is 23.9 Å². The van der Waals surface area contributed by atoms with E-state index in [9.17, 15) is 4.79 Å². The van der Waals surface area contributed by atoms with Gasteiger partial charge in [0, 0.05) is 17.4 Å². The quantitative estimate of drug-likeness (QED) is 0.431. The normalized spacial score (nSPS) is 11.9. The fourth-order valence-electron chi connectivity index (χ4n) is 2.10. The molecule has 3 N–H and O–H groups in total. The largest absolute Gasteiger partial charge is 0.462 e. The number of nitrogens with one attached hydrogen (secondary N) is 1. The molecule has 0 amide bonds. The number of rotatable bonds is 8. The lowest BCUT2D eigenvalue weighted by Gasteiger charge is -2.18. The van der Waals surface area contributed by atoms with Gasteiger partial charge in [0.1, 0.15) is 0 Å². The van der Waals surface area contributed by atoms with E-state index < -0.39 is 0 Å². The molecule has 0 aliphatic rings. The second-order valence-corrected chi connectivity index (χ2v) is 5.07. The maximum absolute atomic E-state index is 11.9. The van der Waals surface area contributed by atoms with Gasteiger partial charge in [0.25, 0.3) is 0 Å². The molecule has 0 aliphatic carbocycles. The summed E-state index contributed by atoms with van der Waals surface area (Å²) in [6.45, 7) is 6.47. The summed E-state index contributed by atoms with van der Waals surface area (Å²) >= 11 is 0.